The topological polar surface area (TPSA) is 114 Å². The number of aromatic nitrogens is 2. The number of H-pyrrole nitrogens is 1. The highest BCUT2D eigenvalue weighted by Crippen LogP contribution is 2.33. The maximum atomic E-state index is 13.1. The Balaban J connectivity index is 1.89. The van der Waals surface area contributed by atoms with Crippen LogP contribution >= 0.6 is 0 Å². The molecule has 0 radical (unpaired) electrons. The van der Waals surface area contributed by atoms with Crippen LogP contribution in [0.15, 0.2) is 65.5 Å². The summed E-state index contributed by atoms with van der Waals surface area (Å²) in [6.07, 6.45) is 1.14. The van der Waals surface area contributed by atoms with Crippen molar-refractivity contribution >= 4 is 20.9 Å². The van der Waals surface area contributed by atoms with Crippen molar-refractivity contribution in [3.63, 3.8) is 0 Å². The van der Waals surface area contributed by atoms with Crippen LogP contribution in [0.25, 0.3) is 22.2 Å². The third-order valence-electron chi connectivity index (χ3n) is 5.72. The summed E-state index contributed by atoms with van der Waals surface area (Å²) in [5, 5.41) is 9.46. The van der Waals surface area contributed by atoms with Crippen LogP contribution in [0.4, 0.5) is 0 Å². The molecule has 0 bridgehead atoms. The van der Waals surface area contributed by atoms with E-state index in [2.05, 4.69) is 11.1 Å². The smallest absolute Gasteiger partial charge is 0.327 e. The number of fused-ring (bicyclic) bond motifs is 1. The average molecular weight is 492 g/mol. The molecule has 1 unspecified atom stereocenters. The van der Waals surface area contributed by atoms with Crippen LogP contribution in [0.2, 0.25) is 0 Å². The van der Waals surface area contributed by atoms with E-state index in [1.165, 1.54) is 11.7 Å². The highest BCUT2D eigenvalue weighted by Gasteiger charge is 2.25. The number of hydrogen-bond donors (Lipinski definition) is 1. The summed E-state index contributed by atoms with van der Waals surface area (Å²) in [6.45, 7) is 2.24. The van der Waals surface area contributed by atoms with E-state index >= 15 is 0 Å². The predicted octanol–water partition coefficient (Wildman–Crippen LogP) is 3.91. The molecule has 8 nitrogen and oxygen atoms in total. The fourth-order valence-electron chi connectivity index (χ4n) is 4.22. The van der Waals surface area contributed by atoms with Crippen LogP contribution in [0, 0.1) is 11.3 Å². The van der Waals surface area contributed by atoms with Crippen molar-refractivity contribution < 1.29 is 17.9 Å². The van der Waals surface area contributed by atoms with Gasteiger partial charge in [0.25, 0.3) is 0 Å². The molecule has 0 amide bonds. The van der Waals surface area contributed by atoms with Crippen LogP contribution in [0.3, 0.4) is 0 Å². The monoisotopic (exact) mass is 491 g/mol. The second kappa shape index (κ2) is 9.68. The molecule has 1 N–H and O–H groups in total. The number of ether oxygens (including phenoxy) is 2. The summed E-state index contributed by atoms with van der Waals surface area (Å²) < 4.78 is 37.3. The number of sulfone groups is 1. The van der Waals surface area contributed by atoms with Crippen molar-refractivity contribution in [3.8, 4) is 28.7 Å². The lowest BCUT2D eigenvalue weighted by atomic mass is 10.00. The molecule has 1 heterocycles. The minimum atomic E-state index is -3.47. The molecule has 35 heavy (non-hydrogen) atoms. The lowest BCUT2D eigenvalue weighted by Gasteiger charge is -2.20. The Labute approximate surface area is 203 Å². The maximum absolute atomic E-state index is 13.1. The maximum Gasteiger partial charge on any atom is 0.327 e. The Kier molecular flexibility index (Phi) is 6.67. The van der Waals surface area contributed by atoms with Crippen molar-refractivity contribution in [1.29, 1.82) is 5.26 Å². The number of nitriles is 1. The summed E-state index contributed by atoms with van der Waals surface area (Å²) >= 11 is 0. The largest absolute Gasteiger partial charge is 0.493 e. The normalized spacial score (nSPS) is 12.3. The third kappa shape index (κ3) is 4.93. The zero-order chi connectivity index (χ0) is 25.2. The first kappa shape index (κ1) is 24.1. The van der Waals surface area contributed by atoms with Gasteiger partial charge in [-0.1, -0.05) is 30.3 Å². The average Bonchev–Trinajstić information content (AvgIpc) is 3.16. The van der Waals surface area contributed by atoms with E-state index in [-0.39, 0.29) is 5.75 Å². The van der Waals surface area contributed by atoms with Crippen molar-refractivity contribution in [1.82, 2.24) is 9.55 Å². The zero-order valence-electron chi connectivity index (χ0n) is 19.6. The molecular weight excluding hydrogens is 466 g/mol. The molecule has 180 valence electrons. The van der Waals surface area contributed by atoms with Crippen LogP contribution in [-0.2, 0) is 9.84 Å². The van der Waals surface area contributed by atoms with E-state index in [1.807, 2.05) is 25.1 Å². The van der Waals surface area contributed by atoms with Gasteiger partial charge in [0, 0.05) is 6.26 Å². The van der Waals surface area contributed by atoms with E-state index in [1.54, 1.807) is 42.5 Å². The summed E-state index contributed by atoms with van der Waals surface area (Å²) in [5.74, 6) is 0.701. The second-order valence-electron chi connectivity index (χ2n) is 8.14. The van der Waals surface area contributed by atoms with Gasteiger partial charge in [-0.15, -0.1) is 0 Å². The molecule has 9 heteroatoms. The van der Waals surface area contributed by atoms with Crippen LogP contribution < -0.4 is 15.2 Å². The Morgan fingerprint density at radius 3 is 2.54 bits per heavy atom. The van der Waals surface area contributed by atoms with Crippen molar-refractivity contribution in [2.24, 2.45) is 0 Å². The van der Waals surface area contributed by atoms with E-state index in [9.17, 15) is 18.5 Å². The molecule has 1 atom stereocenters. The lowest BCUT2D eigenvalue weighted by Crippen LogP contribution is -2.28. The van der Waals surface area contributed by atoms with Crippen molar-refractivity contribution in [2.75, 3.05) is 25.7 Å². The number of methoxy groups -OCH3 is 1. The Morgan fingerprint density at radius 2 is 1.86 bits per heavy atom. The first-order valence-electron chi connectivity index (χ1n) is 11.0. The molecule has 0 aliphatic rings. The quantitative estimate of drug-likeness (QED) is 0.400. The number of benzene rings is 3. The zero-order valence-corrected chi connectivity index (χ0v) is 20.4. The minimum Gasteiger partial charge on any atom is -0.493 e. The number of imidazole rings is 1. The Bertz CT molecular complexity index is 1600. The molecule has 0 fully saturated rings. The minimum absolute atomic E-state index is 0.281. The number of rotatable bonds is 8. The molecule has 1 aromatic heterocycles. The first-order valence-corrected chi connectivity index (χ1v) is 13.0. The summed E-state index contributed by atoms with van der Waals surface area (Å²) in [5.41, 5.74) is 3.29. The van der Waals surface area contributed by atoms with Gasteiger partial charge in [0.2, 0.25) is 0 Å². The lowest BCUT2D eigenvalue weighted by molar-refractivity contribution is 0.310. The van der Waals surface area contributed by atoms with Crippen LogP contribution in [-0.4, -0.2) is 43.7 Å². The molecule has 0 aliphatic heterocycles. The molecule has 0 saturated heterocycles. The molecule has 0 spiro atoms. The summed E-state index contributed by atoms with van der Waals surface area (Å²) in [7, 11) is -1.94. The van der Waals surface area contributed by atoms with Crippen LogP contribution in [0.1, 0.15) is 24.1 Å². The van der Waals surface area contributed by atoms with Crippen molar-refractivity contribution in [2.45, 2.75) is 13.0 Å². The number of nitrogens with zero attached hydrogens (tertiary/aromatic N) is 2. The van der Waals surface area contributed by atoms with Gasteiger partial charge in [0.15, 0.2) is 11.5 Å². The second-order valence-corrected chi connectivity index (χ2v) is 10.3. The molecule has 4 rings (SSSR count). The standard InChI is InChI=1S/C26H25N3O5S/c1-4-34-25-14-18(10-12-24(25)33-2)23(16-35(3,31)32)29-22-11-9-17(13-21(22)28-26(29)30)20-8-6-5-7-19(20)15-27/h5-14,23H,4,16H2,1-3H3,(H,28,30). The Hall–Kier alpha value is -4.03. The first-order chi connectivity index (χ1) is 16.8. The third-order valence-corrected chi connectivity index (χ3v) is 6.64. The number of aromatic amines is 1. The number of nitrogens with one attached hydrogen (secondary N) is 1. The SMILES string of the molecule is CCOc1cc(C(CS(C)(=O)=O)n2c(=O)[nH]c3cc(-c4ccccc4C#N)ccc32)ccc1OC. The van der Waals surface area contributed by atoms with Gasteiger partial charge in [-0.3, -0.25) is 4.57 Å². The van der Waals surface area contributed by atoms with E-state index in [0.717, 1.165) is 17.4 Å². The molecule has 0 saturated carbocycles. The van der Waals surface area contributed by atoms with Gasteiger partial charge in [-0.2, -0.15) is 5.26 Å². The highest BCUT2D eigenvalue weighted by atomic mass is 32.2. The van der Waals surface area contributed by atoms with Gasteiger partial charge in [0.05, 0.1) is 48.2 Å². The Morgan fingerprint density at radius 1 is 1.09 bits per heavy atom. The fourth-order valence-corrected chi connectivity index (χ4v) is 5.13. The van der Waals surface area contributed by atoms with Gasteiger partial charge in [0.1, 0.15) is 9.84 Å². The van der Waals surface area contributed by atoms with Gasteiger partial charge in [-0.05, 0) is 53.9 Å². The number of hydrogen-bond acceptors (Lipinski definition) is 6. The van der Waals surface area contributed by atoms with E-state index in [0.29, 0.717) is 40.3 Å². The van der Waals surface area contributed by atoms with Gasteiger partial charge >= 0.3 is 5.69 Å². The molecule has 3 aromatic carbocycles. The summed E-state index contributed by atoms with van der Waals surface area (Å²) in [4.78, 5) is 16.0. The fraction of sp³-hybridized carbons (Fsp3) is 0.231. The van der Waals surface area contributed by atoms with E-state index in [4.69, 9.17) is 9.47 Å². The van der Waals surface area contributed by atoms with Gasteiger partial charge < -0.3 is 14.5 Å². The van der Waals surface area contributed by atoms with E-state index < -0.39 is 21.6 Å². The molecule has 0 aliphatic carbocycles. The van der Waals surface area contributed by atoms with Crippen molar-refractivity contribution in [3.05, 3.63) is 82.3 Å². The van der Waals surface area contributed by atoms with Crippen LogP contribution in [0.5, 0.6) is 11.5 Å². The highest BCUT2D eigenvalue weighted by molar-refractivity contribution is 7.90. The summed E-state index contributed by atoms with van der Waals surface area (Å²) in [6, 6.07) is 19.1. The van der Waals surface area contributed by atoms with Gasteiger partial charge in [-0.25, -0.2) is 13.2 Å². The molecule has 4 aromatic rings. The predicted molar refractivity (Wildman–Crippen MR) is 135 cm³/mol. The molecular formula is C26H25N3O5S.